The topological polar surface area (TPSA) is 47.6 Å². The molecule has 4 heteroatoms. The Labute approximate surface area is 134 Å². The Bertz CT molecular complexity index is 471. The van der Waals surface area contributed by atoms with E-state index in [4.69, 9.17) is 9.47 Å². The van der Waals surface area contributed by atoms with Crippen LogP contribution in [0.3, 0.4) is 0 Å². The molecule has 1 rings (SSSR count). The van der Waals surface area contributed by atoms with Crippen LogP contribution in [-0.4, -0.2) is 25.2 Å². The molecular formula is C18H29NO3. The third-order valence-electron chi connectivity index (χ3n) is 3.32. The van der Waals surface area contributed by atoms with Gasteiger partial charge in [-0.2, -0.15) is 0 Å². The van der Waals surface area contributed by atoms with Crippen molar-refractivity contribution in [1.82, 2.24) is 5.32 Å². The van der Waals surface area contributed by atoms with Crippen LogP contribution in [0.2, 0.25) is 0 Å². The smallest absolute Gasteiger partial charge is 0.251 e. The first kappa shape index (κ1) is 18.5. The van der Waals surface area contributed by atoms with Gasteiger partial charge in [-0.15, -0.1) is 0 Å². The van der Waals surface area contributed by atoms with Crippen LogP contribution in [0.5, 0.6) is 5.75 Å². The van der Waals surface area contributed by atoms with Crippen LogP contribution < -0.4 is 10.1 Å². The lowest BCUT2D eigenvalue weighted by Crippen LogP contribution is -2.31. The zero-order valence-corrected chi connectivity index (χ0v) is 14.4. The number of ether oxygens (including phenoxy) is 2. The molecule has 1 amide bonds. The van der Waals surface area contributed by atoms with E-state index < -0.39 is 0 Å². The van der Waals surface area contributed by atoms with Gasteiger partial charge in [-0.25, -0.2) is 0 Å². The fraction of sp³-hybridized carbons (Fsp3) is 0.611. The highest BCUT2D eigenvalue weighted by Crippen LogP contribution is 2.22. The molecule has 1 unspecified atom stereocenters. The minimum absolute atomic E-state index is 0.0532. The Morgan fingerprint density at radius 1 is 1.23 bits per heavy atom. The summed E-state index contributed by atoms with van der Waals surface area (Å²) in [4.78, 5) is 12.2. The van der Waals surface area contributed by atoms with Gasteiger partial charge in [-0.1, -0.05) is 20.8 Å². The van der Waals surface area contributed by atoms with Crippen molar-refractivity contribution in [2.45, 2.75) is 53.7 Å². The van der Waals surface area contributed by atoms with Gasteiger partial charge in [0.05, 0.1) is 13.2 Å². The van der Waals surface area contributed by atoms with Crippen molar-refractivity contribution in [1.29, 1.82) is 0 Å². The molecular weight excluding hydrogens is 278 g/mol. The van der Waals surface area contributed by atoms with Gasteiger partial charge in [0.15, 0.2) is 0 Å². The Morgan fingerprint density at radius 3 is 2.55 bits per heavy atom. The fourth-order valence-electron chi connectivity index (χ4n) is 1.94. The molecule has 1 aromatic carbocycles. The highest BCUT2D eigenvalue weighted by atomic mass is 16.5. The van der Waals surface area contributed by atoms with Crippen LogP contribution in [0.25, 0.3) is 0 Å². The summed E-state index contributed by atoms with van der Waals surface area (Å²) < 4.78 is 11.3. The van der Waals surface area contributed by atoms with E-state index in [2.05, 4.69) is 19.2 Å². The van der Waals surface area contributed by atoms with Crippen LogP contribution in [-0.2, 0) is 11.3 Å². The molecule has 0 saturated carbocycles. The van der Waals surface area contributed by atoms with Crippen molar-refractivity contribution >= 4 is 5.91 Å². The lowest BCUT2D eigenvalue weighted by molar-refractivity contribution is 0.0928. The van der Waals surface area contributed by atoms with E-state index in [1.165, 1.54) is 0 Å². The number of rotatable bonds is 9. The monoisotopic (exact) mass is 307 g/mol. The summed E-state index contributed by atoms with van der Waals surface area (Å²) in [7, 11) is 0. The lowest BCUT2D eigenvalue weighted by atomic mass is 10.1. The van der Waals surface area contributed by atoms with Crippen molar-refractivity contribution in [3.05, 3.63) is 29.3 Å². The first-order valence-corrected chi connectivity index (χ1v) is 8.12. The van der Waals surface area contributed by atoms with E-state index in [9.17, 15) is 4.79 Å². The molecule has 0 bridgehead atoms. The van der Waals surface area contributed by atoms with Gasteiger partial charge < -0.3 is 14.8 Å². The first-order valence-electron chi connectivity index (χ1n) is 8.12. The summed E-state index contributed by atoms with van der Waals surface area (Å²) >= 11 is 0. The molecule has 0 heterocycles. The SMILES string of the molecule is CCOc1ccc(C(=O)NC(C)CC)cc1COCC(C)C. The molecule has 22 heavy (non-hydrogen) atoms. The minimum Gasteiger partial charge on any atom is -0.494 e. The number of carbonyl (C=O) groups is 1. The third-order valence-corrected chi connectivity index (χ3v) is 3.32. The van der Waals surface area contributed by atoms with Crippen LogP contribution in [0.15, 0.2) is 18.2 Å². The molecule has 0 spiro atoms. The summed E-state index contributed by atoms with van der Waals surface area (Å²) in [5.41, 5.74) is 1.56. The van der Waals surface area contributed by atoms with Crippen molar-refractivity contribution in [3.63, 3.8) is 0 Å². The summed E-state index contributed by atoms with van der Waals surface area (Å²) in [5.74, 6) is 1.21. The maximum absolute atomic E-state index is 12.2. The van der Waals surface area contributed by atoms with E-state index in [0.29, 0.717) is 31.3 Å². The number of benzene rings is 1. The minimum atomic E-state index is -0.0532. The summed E-state index contributed by atoms with van der Waals surface area (Å²) in [6, 6.07) is 5.68. The molecule has 0 saturated heterocycles. The van der Waals surface area contributed by atoms with E-state index in [1.54, 1.807) is 6.07 Å². The molecule has 0 fully saturated rings. The molecule has 0 aliphatic heterocycles. The maximum Gasteiger partial charge on any atom is 0.251 e. The molecule has 0 aliphatic rings. The summed E-state index contributed by atoms with van der Waals surface area (Å²) in [6.45, 7) is 12.0. The Balaban J connectivity index is 2.85. The predicted octanol–water partition coefficient (Wildman–Crippen LogP) is 3.79. The quantitative estimate of drug-likeness (QED) is 0.755. The maximum atomic E-state index is 12.2. The van der Waals surface area contributed by atoms with Gasteiger partial charge in [0.25, 0.3) is 5.91 Å². The fourth-order valence-corrected chi connectivity index (χ4v) is 1.94. The number of amides is 1. The van der Waals surface area contributed by atoms with Gasteiger partial charge in [0.2, 0.25) is 0 Å². The van der Waals surface area contributed by atoms with Gasteiger partial charge >= 0.3 is 0 Å². The summed E-state index contributed by atoms with van der Waals surface area (Å²) in [6.07, 6.45) is 0.910. The Kier molecular flexibility index (Phi) is 7.96. The van der Waals surface area contributed by atoms with Gasteiger partial charge in [-0.3, -0.25) is 4.79 Å². The molecule has 124 valence electrons. The number of hydrogen-bond acceptors (Lipinski definition) is 3. The van der Waals surface area contributed by atoms with Crippen LogP contribution >= 0.6 is 0 Å². The molecule has 1 aromatic rings. The molecule has 0 aliphatic carbocycles. The predicted molar refractivity (Wildman–Crippen MR) is 89.3 cm³/mol. The third kappa shape index (κ3) is 6.06. The highest BCUT2D eigenvalue weighted by molar-refractivity contribution is 5.94. The molecule has 4 nitrogen and oxygen atoms in total. The van der Waals surface area contributed by atoms with Crippen molar-refractivity contribution in [2.75, 3.05) is 13.2 Å². The number of hydrogen-bond donors (Lipinski definition) is 1. The Hall–Kier alpha value is -1.55. The molecule has 0 radical (unpaired) electrons. The van der Waals surface area contributed by atoms with E-state index in [1.807, 2.05) is 32.9 Å². The average Bonchev–Trinajstić information content (AvgIpc) is 2.48. The Morgan fingerprint density at radius 2 is 1.95 bits per heavy atom. The van der Waals surface area contributed by atoms with E-state index in [0.717, 1.165) is 17.7 Å². The standard InChI is InChI=1S/C18H29NO3/c1-6-14(5)19-18(20)15-8-9-17(22-7-2)16(10-15)12-21-11-13(3)4/h8-10,13-14H,6-7,11-12H2,1-5H3,(H,19,20). The lowest BCUT2D eigenvalue weighted by Gasteiger charge is -2.15. The largest absolute Gasteiger partial charge is 0.494 e. The van der Waals surface area contributed by atoms with Crippen LogP contribution in [0.1, 0.15) is 57.0 Å². The normalized spacial score (nSPS) is 12.3. The average molecular weight is 307 g/mol. The zero-order chi connectivity index (χ0) is 16.5. The highest BCUT2D eigenvalue weighted by Gasteiger charge is 2.12. The molecule has 0 aromatic heterocycles. The van der Waals surface area contributed by atoms with Gasteiger partial charge in [0, 0.05) is 23.8 Å². The van der Waals surface area contributed by atoms with E-state index in [-0.39, 0.29) is 11.9 Å². The zero-order valence-electron chi connectivity index (χ0n) is 14.4. The van der Waals surface area contributed by atoms with Crippen molar-refractivity contribution in [2.24, 2.45) is 5.92 Å². The first-order chi connectivity index (χ1) is 10.5. The number of nitrogens with one attached hydrogen (secondary N) is 1. The van der Waals surface area contributed by atoms with Crippen molar-refractivity contribution < 1.29 is 14.3 Å². The second-order valence-electron chi connectivity index (χ2n) is 5.95. The molecule has 1 atom stereocenters. The second-order valence-corrected chi connectivity index (χ2v) is 5.95. The van der Waals surface area contributed by atoms with E-state index >= 15 is 0 Å². The van der Waals surface area contributed by atoms with Crippen molar-refractivity contribution in [3.8, 4) is 5.75 Å². The van der Waals surface area contributed by atoms with Gasteiger partial charge in [-0.05, 0) is 44.4 Å². The van der Waals surface area contributed by atoms with Crippen LogP contribution in [0.4, 0.5) is 0 Å². The molecule has 1 N–H and O–H groups in total. The second kappa shape index (κ2) is 9.46. The van der Waals surface area contributed by atoms with Crippen LogP contribution in [0, 0.1) is 5.92 Å². The van der Waals surface area contributed by atoms with Gasteiger partial charge in [0.1, 0.15) is 5.75 Å². The summed E-state index contributed by atoms with van der Waals surface area (Å²) in [5, 5.41) is 2.98. The number of carbonyl (C=O) groups excluding carboxylic acids is 1.